The van der Waals surface area contributed by atoms with Crippen molar-refractivity contribution in [1.29, 1.82) is 0 Å². The average Bonchev–Trinajstić information content (AvgIpc) is 3.26. The number of carbonyl (C=O) groups is 2. The van der Waals surface area contributed by atoms with Gasteiger partial charge in [-0.3, -0.25) is 4.79 Å². The molecule has 2 heterocycles. The first kappa shape index (κ1) is 15.5. The van der Waals surface area contributed by atoms with Gasteiger partial charge in [-0.15, -0.1) is 22.7 Å². The number of hydrogen-bond acceptors (Lipinski definition) is 5. The van der Waals surface area contributed by atoms with Gasteiger partial charge in [-0.25, -0.2) is 4.79 Å². The number of amides is 1. The van der Waals surface area contributed by atoms with Gasteiger partial charge >= 0.3 is 5.97 Å². The van der Waals surface area contributed by atoms with Gasteiger partial charge in [0.25, 0.3) is 5.91 Å². The van der Waals surface area contributed by atoms with E-state index in [9.17, 15) is 9.59 Å². The number of benzene rings is 1. The molecule has 0 aliphatic carbocycles. The summed E-state index contributed by atoms with van der Waals surface area (Å²) in [6.45, 7) is 0.109. The average molecular weight is 343 g/mol. The number of thiophene rings is 2. The molecular formula is C17H13NO3S2. The zero-order valence-corrected chi connectivity index (χ0v) is 13.7. The minimum Gasteiger partial charge on any atom is -0.457 e. The van der Waals surface area contributed by atoms with Gasteiger partial charge in [-0.05, 0) is 29.0 Å². The van der Waals surface area contributed by atoms with E-state index in [1.165, 1.54) is 22.7 Å². The molecular weight excluding hydrogens is 330 g/mol. The Morgan fingerprint density at radius 1 is 0.913 bits per heavy atom. The predicted octanol–water partition coefficient (Wildman–Crippen LogP) is 4.42. The van der Waals surface area contributed by atoms with E-state index in [0.29, 0.717) is 15.4 Å². The Hall–Kier alpha value is -2.44. The van der Waals surface area contributed by atoms with E-state index in [1.54, 1.807) is 24.3 Å². The fraction of sp³-hybridized carbons (Fsp3) is 0.0588. The fourth-order valence-corrected chi connectivity index (χ4v) is 3.20. The number of hydrogen-bond donors (Lipinski definition) is 1. The molecule has 1 amide bonds. The van der Waals surface area contributed by atoms with Crippen LogP contribution in [0, 0.1) is 0 Å². The number of ether oxygens (including phenoxy) is 1. The van der Waals surface area contributed by atoms with E-state index in [0.717, 1.165) is 5.56 Å². The van der Waals surface area contributed by atoms with Gasteiger partial charge in [0.05, 0.1) is 4.88 Å². The maximum atomic E-state index is 12.1. The Balaban J connectivity index is 1.68. The second kappa shape index (κ2) is 7.21. The molecule has 1 aromatic carbocycles. The molecule has 0 saturated heterocycles. The summed E-state index contributed by atoms with van der Waals surface area (Å²) in [4.78, 5) is 25.2. The summed E-state index contributed by atoms with van der Waals surface area (Å²) in [5.74, 6) is -0.531. The first-order valence-electron chi connectivity index (χ1n) is 6.87. The predicted molar refractivity (Wildman–Crippen MR) is 92.2 cm³/mol. The summed E-state index contributed by atoms with van der Waals surface area (Å²) < 4.78 is 5.31. The second-order valence-corrected chi connectivity index (χ2v) is 6.54. The summed E-state index contributed by atoms with van der Waals surface area (Å²) >= 11 is 2.71. The molecule has 23 heavy (non-hydrogen) atoms. The number of anilines is 1. The summed E-state index contributed by atoms with van der Waals surface area (Å²) in [6, 6.07) is 14.4. The van der Waals surface area contributed by atoms with Crippen LogP contribution in [0.3, 0.4) is 0 Å². The first-order valence-corrected chi connectivity index (χ1v) is 8.63. The maximum absolute atomic E-state index is 12.1. The third-order valence-corrected chi connectivity index (χ3v) is 4.81. The van der Waals surface area contributed by atoms with Crippen LogP contribution in [0.2, 0.25) is 0 Å². The van der Waals surface area contributed by atoms with Gasteiger partial charge in [0, 0.05) is 11.3 Å². The van der Waals surface area contributed by atoms with Crippen molar-refractivity contribution >= 4 is 40.2 Å². The summed E-state index contributed by atoms with van der Waals surface area (Å²) in [5, 5.41) is 6.53. The maximum Gasteiger partial charge on any atom is 0.348 e. The molecule has 6 heteroatoms. The van der Waals surface area contributed by atoms with Gasteiger partial charge in [0.1, 0.15) is 11.5 Å². The second-order valence-electron chi connectivity index (χ2n) is 4.64. The van der Waals surface area contributed by atoms with Crippen molar-refractivity contribution in [3.05, 3.63) is 74.6 Å². The van der Waals surface area contributed by atoms with Gasteiger partial charge < -0.3 is 10.1 Å². The lowest BCUT2D eigenvalue weighted by Crippen LogP contribution is -2.12. The zero-order chi connectivity index (χ0) is 16.1. The number of rotatable bonds is 5. The summed E-state index contributed by atoms with van der Waals surface area (Å²) in [5.41, 5.74) is 1.40. The molecule has 0 unspecified atom stereocenters. The smallest absolute Gasteiger partial charge is 0.348 e. The molecule has 0 aliphatic rings. The Morgan fingerprint density at radius 2 is 1.61 bits per heavy atom. The van der Waals surface area contributed by atoms with Crippen molar-refractivity contribution in [3.8, 4) is 0 Å². The Labute approximate surface area is 141 Å². The van der Waals surface area contributed by atoms with Gasteiger partial charge in [0.2, 0.25) is 0 Å². The lowest BCUT2D eigenvalue weighted by Gasteiger charge is -2.10. The molecule has 0 spiro atoms. The van der Waals surface area contributed by atoms with Crippen LogP contribution in [0.25, 0.3) is 0 Å². The molecule has 3 rings (SSSR count). The normalized spacial score (nSPS) is 10.3. The van der Waals surface area contributed by atoms with Gasteiger partial charge in [-0.2, -0.15) is 0 Å². The van der Waals surface area contributed by atoms with E-state index in [4.69, 9.17) is 4.74 Å². The van der Waals surface area contributed by atoms with Crippen LogP contribution < -0.4 is 5.32 Å². The molecule has 0 aliphatic heterocycles. The topological polar surface area (TPSA) is 55.4 Å². The van der Waals surface area contributed by atoms with Crippen molar-refractivity contribution in [1.82, 2.24) is 0 Å². The van der Waals surface area contributed by atoms with Crippen molar-refractivity contribution < 1.29 is 14.3 Å². The largest absolute Gasteiger partial charge is 0.457 e. The molecule has 1 N–H and O–H groups in total. The summed E-state index contributed by atoms with van der Waals surface area (Å²) in [7, 11) is 0. The number of esters is 1. The van der Waals surface area contributed by atoms with Crippen molar-refractivity contribution in [2.45, 2.75) is 6.61 Å². The van der Waals surface area contributed by atoms with Crippen LogP contribution in [0.4, 0.5) is 5.69 Å². The molecule has 3 aromatic rings. The highest BCUT2D eigenvalue weighted by molar-refractivity contribution is 7.12. The highest BCUT2D eigenvalue weighted by atomic mass is 32.1. The standard InChI is InChI=1S/C17H13NO3S2/c19-16(14-7-3-9-22-14)18-13-6-2-1-5-12(13)11-21-17(20)15-8-4-10-23-15/h1-10H,11H2,(H,18,19). The molecule has 116 valence electrons. The molecule has 0 atom stereocenters. The minimum atomic E-state index is -0.362. The van der Waals surface area contributed by atoms with Gasteiger partial charge in [0.15, 0.2) is 0 Å². The third-order valence-electron chi connectivity index (χ3n) is 3.09. The lowest BCUT2D eigenvalue weighted by molar-refractivity contribution is 0.0479. The fourth-order valence-electron chi connectivity index (χ4n) is 1.97. The van der Waals surface area contributed by atoms with Crippen LogP contribution in [-0.2, 0) is 11.3 Å². The first-order chi connectivity index (χ1) is 11.2. The number of nitrogens with one attached hydrogen (secondary N) is 1. The van der Waals surface area contributed by atoms with E-state index in [1.807, 2.05) is 35.0 Å². The van der Waals surface area contributed by atoms with Crippen LogP contribution in [0.1, 0.15) is 24.9 Å². The van der Waals surface area contributed by atoms with Crippen LogP contribution in [0.15, 0.2) is 59.3 Å². The summed E-state index contributed by atoms with van der Waals surface area (Å²) in [6.07, 6.45) is 0. The third kappa shape index (κ3) is 3.85. The highest BCUT2D eigenvalue weighted by Gasteiger charge is 2.12. The molecule has 0 bridgehead atoms. The van der Waals surface area contributed by atoms with Crippen LogP contribution in [0.5, 0.6) is 0 Å². The molecule has 0 saturated carbocycles. The SMILES string of the molecule is O=C(Nc1ccccc1COC(=O)c1cccs1)c1cccs1. The number of para-hydroxylation sites is 1. The minimum absolute atomic E-state index is 0.109. The molecule has 4 nitrogen and oxygen atoms in total. The highest BCUT2D eigenvalue weighted by Crippen LogP contribution is 2.20. The van der Waals surface area contributed by atoms with E-state index in [2.05, 4.69) is 5.32 Å². The van der Waals surface area contributed by atoms with Crippen molar-refractivity contribution in [3.63, 3.8) is 0 Å². The van der Waals surface area contributed by atoms with Gasteiger partial charge in [-0.1, -0.05) is 30.3 Å². The van der Waals surface area contributed by atoms with Crippen LogP contribution in [-0.4, -0.2) is 11.9 Å². The van der Waals surface area contributed by atoms with E-state index in [-0.39, 0.29) is 18.5 Å². The lowest BCUT2D eigenvalue weighted by atomic mass is 10.2. The molecule has 0 fully saturated rings. The molecule has 0 radical (unpaired) electrons. The monoisotopic (exact) mass is 343 g/mol. The van der Waals surface area contributed by atoms with Crippen molar-refractivity contribution in [2.75, 3.05) is 5.32 Å². The van der Waals surface area contributed by atoms with E-state index >= 15 is 0 Å². The Kier molecular flexibility index (Phi) is 4.85. The number of carbonyl (C=O) groups excluding carboxylic acids is 2. The van der Waals surface area contributed by atoms with E-state index < -0.39 is 0 Å². The Bertz CT molecular complexity index is 795. The Morgan fingerprint density at radius 3 is 2.30 bits per heavy atom. The molecule has 2 aromatic heterocycles. The van der Waals surface area contributed by atoms with Crippen LogP contribution >= 0.6 is 22.7 Å². The quantitative estimate of drug-likeness (QED) is 0.698. The zero-order valence-electron chi connectivity index (χ0n) is 12.0. The van der Waals surface area contributed by atoms with Crippen molar-refractivity contribution in [2.24, 2.45) is 0 Å².